The number of carbonyl (C=O) groups is 1. The average Bonchev–Trinajstić information content (AvgIpc) is 2.85. The van der Waals surface area contributed by atoms with Gasteiger partial charge in [-0.15, -0.1) is 11.3 Å². The summed E-state index contributed by atoms with van der Waals surface area (Å²) in [7, 11) is 0. The number of hydrogen-bond donors (Lipinski definition) is 0. The van der Waals surface area contributed by atoms with Crippen molar-refractivity contribution in [2.75, 3.05) is 0 Å². The summed E-state index contributed by atoms with van der Waals surface area (Å²) in [4.78, 5) is 11.3. The van der Waals surface area contributed by atoms with Gasteiger partial charge in [-0.3, -0.25) is 4.79 Å². The number of rotatable bonds is 2. The lowest BCUT2D eigenvalue weighted by atomic mass is 10.0. The maximum Gasteiger partial charge on any atom is 0.417 e. The lowest BCUT2D eigenvalue weighted by molar-refractivity contribution is -0.137. The summed E-state index contributed by atoms with van der Waals surface area (Å²) < 4.78 is 38.9. The minimum absolute atomic E-state index is 0.0235. The van der Waals surface area contributed by atoms with Crippen LogP contribution in [0.1, 0.15) is 20.8 Å². The van der Waals surface area contributed by atoms with Crippen LogP contribution in [0.3, 0.4) is 0 Å². The van der Waals surface area contributed by atoms with Gasteiger partial charge in [0.2, 0.25) is 0 Å². The van der Waals surface area contributed by atoms with Gasteiger partial charge in [0.1, 0.15) is 0 Å². The molecule has 0 aliphatic rings. The summed E-state index contributed by atoms with van der Waals surface area (Å²) in [5.41, 5.74) is -0.946. The van der Waals surface area contributed by atoms with Crippen LogP contribution in [0.2, 0.25) is 0 Å². The fraction of sp³-hybridized carbons (Fsp3) is 0.0769. The average molecular weight is 281 g/mol. The molecule has 2 nitrogen and oxygen atoms in total. The molecular weight excluding hydrogens is 275 g/mol. The maximum atomic E-state index is 13.0. The molecule has 0 N–H and O–H groups in total. The van der Waals surface area contributed by atoms with Gasteiger partial charge in [-0.05, 0) is 24.3 Å². The molecular formula is C13H6F3NOS. The van der Waals surface area contributed by atoms with E-state index in [0.29, 0.717) is 16.0 Å². The van der Waals surface area contributed by atoms with Gasteiger partial charge in [-0.25, -0.2) is 0 Å². The Bertz CT molecular complexity index is 667. The van der Waals surface area contributed by atoms with Crippen molar-refractivity contribution in [3.8, 4) is 16.5 Å². The van der Waals surface area contributed by atoms with Crippen LogP contribution < -0.4 is 0 Å². The minimum atomic E-state index is -4.55. The van der Waals surface area contributed by atoms with Crippen molar-refractivity contribution < 1.29 is 18.0 Å². The number of nitriles is 1. The fourth-order valence-electron chi connectivity index (χ4n) is 1.62. The third kappa shape index (κ3) is 2.66. The summed E-state index contributed by atoms with van der Waals surface area (Å²) >= 11 is 0.979. The maximum absolute atomic E-state index is 13.0. The number of benzene rings is 1. The lowest BCUT2D eigenvalue weighted by Gasteiger charge is -2.11. The Morgan fingerprint density at radius 2 is 1.95 bits per heavy atom. The number of alkyl halides is 3. The Kier molecular flexibility index (Phi) is 3.40. The molecule has 0 aliphatic carbocycles. The number of halogens is 3. The molecule has 19 heavy (non-hydrogen) atoms. The van der Waals surface area contributed by atoms with Gasteiger partial charge in [0.15, 0.2) is 6.29 Å². The molecule has 2 aromatic rings. The Balaban J connectivity index is 2.63. The molecule has 0 atom stereocenters. The van der Waals surface area contributed by atoms with E-state index >= 15 is 0 Å². The number of aldehydes is 1. The predicted molar refractivity (Wildman–Crippen MR) is 64.9 cm³/mol. The van der Waals surface area contributed by atoms with Gasteiger partial charge in [0.25, 0.3) is 0 Å². The number of nitrogens with zero attached hydrogens (tertiary/aromatic N) is 1. The topological polar surface area (TPSA) is 40.9 Å². The summed E-state index contributed by atoms with van der Waals surface area (Å²) in [5.74, 6) is 0. The zero-order chi connectivity index (χ0) is 14.0. The van der Waals surface area contributed by atoms with Crippen LogP contribution in [0.4, 0.5) is 13.2 Å². The van der Waals surface area contributed by atoms with Crippen LogP contribution in [-0.4, -0.2) is 6.29 Å². The molecule has 1 aromatic carbocycles. The van der Waals surface area contributed by atoms with E-state index in [2.05, 4.69) is 0 Å². The highest BCUT2D eigenvalue weighted by atomic mass is 32.1. The van der Waals surface area contributed by atoms with E-state index in [1.807, 2.05) is 0 Å². The molecule has 2 rings (SSSR count). The van der Waals surface area contributed by atoms with Crippen molar-refractivity contribution >= 4 is 17.6 Å². The SMILES string of the molecule is N#Cc1ccc(-c2ccc(C=O)s2)c(C(F)(F)F)c1. The van der Waals surface area contributed by atoms with E-state index in [4.69, 9.17) is 5.26 Å². The van der Waals surface area contributed by atoms with E-state index in [1.54, 1.807) is 6.07 Å². The highest BCUT2D eigenvalue weighted by Crippen LogP contribution is 2.39. The Labute approximate surface area is 110 Å². The lowest BCUT2D eigenvalue weighted by Crippen LogP contribution is -2.07. The van der Waals surface area contributed by atoms with Gasteiger partial charge in [0.05, 0.1) is 22.1 Å². The van der Waals surface area contributed by atoms with Crippen LogP contribution in [0.25, 0.3) is 10.4 Å². The largest absolute Gasteiger partial charge is 0.417 e. The van der Waals surface area contributed by atoms with Crippen molar-refractivity contribution in [3.05, 3.63) is 46.3 Å². The van der Waals surface area contributed by atoms with Crippen LogP contribution in [0.5, 0.6) is 0 Å². The Morgan fingerprint density at radius 1 is 1.21 bits per heavy atom. The van der Waals surface area contributed by atoms with Gasteiger partial charge in [0, 0.05) is 10.4 Å². The predicted octanol–water partition coefficient (Wildman–Crippen LogP) is 4.12. The first-order valence-electron chi connectivity index (χ1n) is 5.12. The Hall–Kier alpha value is -2.13. The van der Waals surface area contributed by atoms with Crippen molar-refractivity contribution in [2.24, 2.45) is 0 Å². The zero-order valence-corrected chi connectivity index (χ0v) is 10.2. The van der Waals surface area contributed by atoms with E-state index in [1.165, 1.54) is 24.3 Å². The molecule has 1 heterocycles. The van der Waals surface area contributed by atoms with Gasteiger partial charge in [-0.2, -0.15) is 18.4 Å². The Morgan fingerprint density at radius 3 is 2.47 bits per heavy atom. The van der Waals surface area contributed by atoms with Crippen molar-refractivity contribution in [1.29, 1.82) is 5.26 Å². The van der Waals surface area contributed by atoms with Crippen LogP contribution >= 0.6 is 11.3 Å². The molecule has 0 fully saturated rings. The van der Waals surface area contributed by atoms with Crippen molar-refractivity contribution in [2.45, 2.75) is 6.18 Å². The highest BCUT2D eigenvalue weighted by molar-refractivity contribution is 7.17. The zero-order valence-electron chi connectivity index (χ0n) is 9.36. The molecule has 0 unspecified atom stereocenters. The van der Waals surface area contributed by atoms with Gasteiger partial charge in [-0.1, -0.05) is 6.07 Å². The number of carbonyl (C=O) groups excluding carboxylic acids is 1. The van der Waals surface area contributed by atoms with E-state index in [-0.39, 0.29) is 11.1 Å². The van der Waals surface area contributed by atoms with E-state index in [0.717, 1.165) is 17.4 Å². The summed E-state index contributed by atoms with van der Waals surface area (Å²) in [6.07, 6.45) is -3.96. The van der Waals surface area contributed by atoms with E-state index in [9.17, 15) is 18.0 Å². The van der Waals surface area contributed by atoms with Crippen LogP contribution in [0, 0.1) is 11.3 Å². The van der Waals surface area contributed by atoms with Crippen LogP contribution in [0.15, 0.2) is 30.3 Å². The van der Waals surface area contributed by atoms with E-state index < -0.39 is 11.7 Å². The minimum Gasteiger partial charge on any atom is -0.297 e. The van der Waals surface area contributed by atoms with Gasteiger partial charge >= 0.3 is 6.18 Å². The molecule has 0 spiro atoms. The van der Waals surface area contributed by atoms with Crippen molar-refractivity contribution in [1.82, 2.24) is 0 Å². The first kappa shape index (κ1) is 13.3. The highest BCUT2D eigenvalue weighted by Gasteiger charge is 2.34. The standard InChI is InChI=1S/C13H6F3NOS/c14-13(15,16)11-5-8(6-17)1-3-10(11)12-4-2-9(7-18)19-12/h1-5,7H. The monoisotopic (exact) mass is 281 g/mol. The van der Waals surface area contributed by atoms with Gasteiger partial charge < -0.3 is 0 Å². The molecule has 0 radical (unpaired) electrons. The molecule has 0 bridgehead atoms. The summed E-state index contributed by atoms with van der Waals surface area (Å²) in [6, 6.07) is 8.00. The molecule has 1 aromatic heterocycles. The molecule has 96 valence electrons. The quantitative estimate of drug-likeness (QED) is 0.777. The number of thiophene rings is 1. The fourth-order valence-corrected chi connectivity index (χ4v) is 2.49. The molecule has 0 aliphatic heterocycles. The second-order valence-electron chi connectivity index (χ2n) is 3.69. The second kappa shape index (κ2) is 4.86. The summed E-state index contributed by atoms with van der Waals surface area (Å²) in [5, 5.41) is 8.67. The van der Waals surface area contributed by atoms with Crippen LogP contribution in [-0.2, 0) is 6.18 Å². The molecule has 0 saturated heterocycles. The molecule has 6 heteroatoms. The molecule has 0 amide bonds. The second-order valence-corrected chi connectivity index (χ2v) is 4.81. The third-order valence-electron chi connectivity index (χ3n) is 2.46. The molecule has 0 saturated carbocycles. The summed E-state index contributed by atoms with van der Waals surface area (Å²) in [6.45, 7) is 0. The first-order chi connectivity index (χ1) is 8.95. The number of hydrogen-bond acceptors (Lipinski definition) is 3. The normalized spacial score (nSPS) is 11.1. The smallest absolute Gasteiger partial charge is 0.297 e. The van der Waals surface area contributed by atoms with Crippen molar-refractivity contribution in [3.63, 3.8) is 0 Å². The third-order valence-corrected chi connectivity index (χ3v) is 3.51. The first-order valence-corrected chi connectivity index (χ1v) is 5.94.